The second kappa shape index (κ2) is 5.68. The van der Waals surface area contributed by atoms with Gasteiger partial charge in [0.2, 0.25) is 0 Å². The average Bonchev–Trinajstić information content (AvgIpc) is 2.86. The van der Waals surface area contributed by atoms with E-state index >= 15 is 0 Å². The normalized spacial score (nSPS) is 11.2. The Hall–Kier alpha value is -2.55. The Labute approximate surface area is 131 Å². The van der Waals surface area contributed by atoms with Gasteiger partial charge >= 0.3 is 0 Å². The lowest BCUT2D eigenvalue weighted by atomic mass is 10.0. The van der Waals surface area contributed by atoms with Crippen LogP contribution in [-0.4, -0.2) is 9.55 Å². The van der Waals surface area contributed by atoms with E-state index in [-0.39, 0.29) is 0 Å². The summed E-state index contributed by atoms with van der Waals surface area (Å²) in [7, 11) is 0. The number of nitrogens with two attached hydrogens (primary N) is 1. The Morgan fingerprint density at radius 3 is 2.55 bits per heavy atom. The van der Waals surface area contributed by atoms with E-state index in [1.54, 1.807) is 0 Å². The number of fused-ring (bicyclic) bond motifs is 1. The zero-order valence-electron chi connectivity index (χ0n) is 13.1. The van der Waals surface area contributed by atoms with Gasteiger partial charge in [0.15, 0.2) is 0 Å². The number of allylic oxidation sites excluding steroid dienone is 1. The van der Waals surface area contributed by atoms with E-state index in [9.17, 15) is 0 Å². The summed E-state index contributed by atoms with van der Waals surface area (Å²) >= 11 is 0. The molecule has 0 aliphatic carbocycles. The van der Waals surface area contributed by atoms with E-state index in [1.807, 2.05) is 30.3 Å². The number of nitrogen functional groups attached to an aromatic ring is 1. The summed E-state index contributed by atoms with van der Waals surface area (Å²) < 4.78 is 2.19. The quantitative estimate of drug-likeness (QED) is 0.564. The third kappa shape index (κ3) is 2.50. The fourth-order valence-electron chi connectivity index (χ4n) is 2.67. The number of rotatable bonds is 4. The van der Waals surface area contributed by atoms with Gasteiger partial charge in [-0.1, -0.05) is 26.0 Å². The van der Waals surface area contributed by atoms with Crippen molar-refractivity contribution >= 4 is 16.7 Å². The highest BCUT2D eigenvalue weighted by Crippen LogP contribution is 2.28. The fourth-order valence-corrected chi connectivity index (χ4v) is 2.67. The molecule has 0 spiro atoms. The summed E-state index contributed by atoms with van der Waals surface area (Å²) in [6, 6.07) is 14.4. The van der Waals surface area contributed by atoms with Crippen LogP contribution in [0.1, 0.15) is 25.3 Å². The highest BCUT2D eigenvalue weighted by atomic mass is 15.1. The van der Waals surface area contributed by atoms with Crippen molar-refractivity contribution in [1.82, 2.24) is 9.55 Å². The van der Waals surface area contributed by atoms with Crippen LogP contribution < -0.4 is 5.73 Å². The molecule has 3 rings (SSSR count). The van der Waals surface area contributed by atoms with Crippen molar-refractivity contribution in [1.29, 1.82) is 0 Å². The van der Waals surface area contributed by atoms with E-state index in [4.69, 9.17) is 10.7 Å². The van der Waals surface area contributed by atoms with Crippen LogP contribution in [0, 0.1) is 0 Å². The summed E-state index contributed by atoms with van der Waals surface area (Å²) in [5, 5.41) is 0. The summed E-state index contributed by atoms with van der Waals surface area (Å²) in [5.41, 5.74) is 11.1. The third-order valence-electron chi connectivity index (χ3n) is 3.92. The maximum Gasteiger partial charge on any atom is 0.141 e. The van der Waals surface area contributed by atoms with Crippen molar-refractivity contribution < 1.29 is 0 Å². The molecule has 0 aliphatic heterocycles. The van der Waals surface area contributed by atoms with E-state index in [0.717, 1.165) is 34.7 Å². The molecule has 2 N–H and O–H groups in total. The van der Waals surface area contributed by atoms with Crippen LogP contribution >= 0.6 is 0 Å². The van der Waals surface area contributed by atoms with Crippen molar-refractivity contribution in [2.24, 2.45) is 0 Å². The molecule has 22 heavy (non-hydrogen) atoms. The number of hydrogen-bond acceptors (Lipinski definition) is 2. The van der Waals surface area contributed by atoms with Crippen molar-refractivity contribution in [2.45, 2.75) is 26.3 Å². The van der Waals surface area contributed by atoms with Gasteiger partial charge in [0.05, 0.1) is 11.0 Å². The molecule has 0 saturated heterocycles. The molecule has 3 heteroatoms. The minimum atomic E-state index is 0.494. The van der Waals surface area contributed by atoms with Crippen LogP contribution in [0.3, 0.4) is 0 Å². The predicted molar refractivity (Wildman–Crippen MR) is 93.9 cm³/mol. The summed E-state index contributed by atoms with van der Waals surface area (Å²) in [4.78, 5) is 4.85. The fraction of sp³-hybridized carbons (Fsp3) is 0.211. The third-order valence-corrected chi connectivity index (χ3v) is 3.92. The van der Waals surface area contributed by atoms with Gasteiger partial charge in [0, 0.05) is 17.8 Å². The Balaban J connectivity index is 2.21. The number of aromatic nitrogens is 2. The Kier molecular flexibility index (Phi) is 3.72. The molecule has 1 heterocycles. The van der Waals surface area contributed by atoms with Gasteiger partial charge in [-0.3, -0.25) is 0 Å². The molecule has 3 nitrogen and oxygen atoms in total. The Morgan fingerprint density at radius 2 is 1.91 bits per heavy atom. The zero-order chi connectivity index (χ0) is 15.7. The number of nitrogens with zero attached hydrogens (tertiary/aromatic N) is 2. The van der Waals surface area contributed by atoms with Crippen LogP contribution in [0.15, 0.2) is 55.1 Å². The molecule has 2 aromatic carbocycles. The number of benzene rings is 2. The monoisotopic (exact) mass is 291 g/mol. The van der Waals surface area contributed by atoms with Crippen LogP contribution in [-0.2, 0) is 6.54 Å². The van der Waals surface area contributed by atoms with Crippen LogP contribution in [0.2, 0.25) is 0 Å². The maximum atomic E-state index is 5.79. The molecule has 0 atom stereocenters. The second-order valence-corrected chi connectivity index (χ2v) is 5.86. The molecule has 1 aromatic heterocycles. The van der Waals surface area contributed by atoms with Crippen molar-refractivity contribution in [2.75, 3.05) is 5.73 Å². The second-order valence-electron chi connectivity index (χ2n) is 5.86. The first-order chi connectivity index (χ1) is 10.6. The van der Waals surface area contributed by atoms with Gasteiger partial charge in [0.25, 0.3) is 0 Å². The predicted octanol–water partition coefficient (Wildman–Crippen LogP) is 4.59. The molecule has 112 valence electrons. The van der Waals surface area contributed by atoms with Gasteiger partial charge in [-0.2, -0.15) is 0 Å². The maximum absolute atomic E-state index is 5.79. The lowest BCUT2D eigenvalue weighted by Crippen LogP contribution is -1.98. The number of hydrogen-bond donors (Lipinski definition) is 1. The first-order valence-electron chi connectivity index (χ1n) is 7.57. The lowest BCUT2D eigenvalue weighted by molar-refractivity contribution is 0.858. The molecule has 0 radical (unpaired) electrons. The summed E-state index contributed by atoms with van der Waals surface area (Å²) in [6.07, 6.45) is 1.90. The van der Waals surface area contributed by atoms with Gasteiger partial charge in [-0.25, -0.2) is 4.98 Å². The number of anilines is 1. The molecule has 0 bridgehead atoms. The van der Waals surface area contributed by atoms with Gasteiger partial charge in [-0.05, 0) is 47.9 Å². The molecular weight excluding hydrogens is 270 g/mol. The van der Waals surface area contributed by atoms with Crippen molar-refractivity contribution in [3.8, 4) is 11.4 Å². The van der Waals surface area contributed by atoms with E-state index in [0.29, 0.717) is 5.92 Å². The van der Waals surface area contributed by atoms with Gasteiger partial charge < -0.3 is 10.3 Å². The molecule has 0 fully saturated rings. The lowest BCUT2D eigenvalue weighted by Gasteiger charge is -2.08. The minimum absolute atomic E-state index is 0.494. The first kappa shape index (κ1) is 14.4. The molecule has 0 unspecified atom stereocenters. The molecule has 0 aliphatic rings. The van der Waals surface area contributed by atoms with Crippen molar-refractivity contribution in [3.05, 3.63) is 60.7 Å². The Bertz CT molecular complexity index is 811. The topological polar surface area (TPSA) is 43.8 Å². The molecule has 3 aromatic rings. The van der Waals surface area contributed by atoms with Gasteiger partial charge in [-0.15, -0.1) is 6.58 Å². The van der Waals surface area contributed by atoms with E-state index in [1.165, 1.54) is 5.56 Å². The highest BCUT2D eigenvalue weighted by molar-refractivity contribution is 5.81. The largest absolute Gasteiger partial charge is 0.399 e. The summed E-state index contributed by atoms with van der Waals surface area (Å²) in [5.74, 6) is 1.45. The Morgan fingerprint density at radius 1 is 1.18 bits per heavy atom. The zero-order valence-corrected chi connectivity index (χ0v) is 13.1. The van der Waals surface area contributed by atoms with Crippen molar-refractivity contribution in [3.63, 3.8) is 0 Å². The number of imidazole rings is 1. The first-order valence-corrected chi connectivity index (χ1v) is 7.57. The van der Waals surface area contributed by atoms with E-state index < -0.39 is 0 Å². The van der Waals surface area contributed by atoms with E-state index in [2.05, 4.69) is 43.2 Å². The summed E-state index contributed by atoms with van der Waals surface area (Å²) in [6.45, 7) is 9.00. The molecular formula is C19H21N3. The highest BCUT2D eigenvalue weighted by Gasteiger charge is 2.13. The standard InChI is InChI=1S/C19H21N3/c1-4-11-22-18-10-7-15(13(2)3)12-17(18)21-19(22)14-5-8-16(20)9-6-14/h4-10,12-13H,1,11,20H2,2-3H3. The SMILES string of the molecule is C=CCn1c(-c2ccc(N)cc2)nc2cc(C(C)C)ccc21. The van der Waals surface area contributed by atoms with Gasteiger partial charge in [0.1, 0.15) is 5.82 Å². The molecule has 0 amide bonds. The van der Waals surface area contributed by atoms with Crippen LogP contribution in [0.4, 0.5) is 5.69 Å². The molecule has 0 saturated carbocycles. The van der Waals surface area contributed by atoms with Crippen LogP contribution in [0.5, 0.6) is 0 Å². The smallest absolute Gasteiger partial charge is 0.141 e. The average molecular weight is 291 g/mol. The minimum Gasteiger partial charge on any atom is -0.399 e. The van der Waals surface area contributed by atoms with Crippen LogP contribution in [0.25, 0.3) is 22.4 Å².